The number of allylic oxidation sites excluding steroid dienone is 2. The summed E-state index contributed by atoms with van der Waals surface area (Å²) in [5, 5.41) is 0.743. The molecule has 27 heavy (non-hydrogen) atoms. The Labute approximate surface area is 172 Å². The summed E-state index contributed by atoms with van der Waals surface area (Å²) in [6, 6.07) is 13.6. The molecule has 0 saturated carbocycles. The van der Waals surface area contributed by atoms with E-state index >= 15 is 0 Å². The number of halogens is 3. The molecule has 0 bridgehead atoms. The number of benzene rings is 2. The average molecular weight is 450 g/mol. The molecule has 1 atom stereocenters. The van der Waals surface area contributed by atoms with E-state index in [1.54, 1.807) is 6.08 Å². The van der Waals surface area contributed by atoms with Crippen LogP contribution in [0.1, 0.15) is 17.5 Å². The standard InChI is InChI=1S/C22H19BrClFO2/c1-3-16-12-20(27-22(16)14(2)25)13-26-19-7-4-15(5-8-19)10-17-11-18(23)6-9-21(17)24/h3-9,11,20H,1-2,10,12-13H2. The largest absolute Gasteiger partial charge is 0.490 e. The van der Waals surface area contributed by atoms with Crippen LogP contribution in [0, 0.1) is 0 Å². The predicted molar refractivity (Wildman–Crippen MR) is 111 cm³/mol. The van der Waals surface area contributed by atoms with Crippen LogP contribution in [0.5, 0.6) is 5.75 Å². The molecule has 2 nitrogen and oxygen atoms in total. The molecule has 0 saturated heterocycles. The number of hydrogen-bond donors (Lipinski definition) is 0. The van der Waals surface area contributed by atoms with Crippen molar-refractivity contribution in [2.24, 2.45) is 0 Å². The Balaban J connectivity index is 1.57. The van der Waals surface area contributed by atoms with Gasteiger partial charge in [0.15, 0.2) is 11.6 Å². The van der Waals surface area contributed by atoms with Crippen molar-refractivity contribution >= 4 is 27.5 Å². The molecule has 0 spiro atoms. The normalized spacial score (nSPS) is 16.2. The van der Waals surface area contributed by atoms with Crippen molar-refractivity contribution in [2.75, 3.05) is 6.61 Å². The van der Waals surface area contributed by atoms with Gasteiger partial charge in [-0.2, -0.15) is 0 Å². The summed E-state index contributed by atoms with van der Waals surface area (Å²) in [5.74, 6) is 0.332. The molecule has 5 heteroatoms. The summed E-state index contributed by atoms with van der Waals surface area (Å²) >= 11 is 9.72. The van der Waals surface area contributed by atoms with Crippen molar-refractivity contribution in [2.45, 2.75) is 18.9 Å². The molecule has 0 fully saturated rings. The van der Waals surface area contributed by atoms with Gasteiger partial charge >= 0.3 is 0 Å². The van der Waals surface area contributed by atoms with E-state index in [1.165, 1.54) is 0 Å². The first-order valence-corrected chi connectivity index (χ1v) is 9.66. The molecule has 1 heterocycles. The fourth-order valence-electron chi connectivity index (χ4n) is 2.92. The third-order valence-corrected chi connectivity index (χ3v) is 5.14. The second-order valence-electron chi connectivity index (χ2n) is 6.27. The summed E-state index contributed by atoms with van der Waals surface area (Å²) in [6.45, 7) is 7.30. The van der Waals surface area contributed by atoms with Crippen molar-refractivity contribution in [1.82, 2.24) is 0 Å². The van der Waals surface area contributed by atoms with E-state index in [1.807, 2.05) is 42.5 Å². The fourth-order valence-corrected chi connectivity index (χ4v) is 3.51. The summed E-state index contributed by atoms with van der Waals surface area (Å²) in [6.07, 6.45) is 2.64. The number of ether oxygens (including phenoxy) is 2. The van der Waals surface area contributed by atoms with Crippen LogP contribution in [-0.4, -0.2) is 12.7 Å². The van der Waals surface area contributed by atoms with Crippen LogP contribution in [0.3, 0.4) is 0 Å². The zero-order valence-electron chi connectivity index (χ0n) is 14.7. The lowest BCUT2D eigenvalue weighted by Gasteiger charge is -2.14. The molecule has 1 aliphatic heterocycles. The Kier molecular flexibility index (Phi) is 6.40. The second kappa shape index (κ2) is 8.77. The van der Waals surface area contributed by atoms with Gasteiger partial charge in [-0.05, 0) is 47.9 Å². The molecule has 140 valence electrons. The summed E-state index contributed by atoms with van der Waals surface area (Å²) in [4.78, 5) is 0. The highest BCUT2D eigenvalue weighted by Crippen LogP contribution is 2.31. The van der Waals surface area contributed by atoms with E-state index in [4.69, 9.17) is 21.1 Å². The van der Waals surface area contributed by atoms with Crippen LogP contribution in [0.15, 0.2) is 83.3 Å². The SMILES string of the molecule is C=CC1=C(C(=C)F)OC(COc2ccc(Cc3cc(Br)ccc3Cl)cc2)C1. The van der Waals surface area contributed by atoms with Crippen LogP contribution >= 0.6 is 27.5 Å². The summed E-state index contributed by atoms with van der Waals surface area (Å²) < 4.78 is 25.7. The van der Waals surface area contributed by atoms with E-state index < -0.39 is 5.83 Å². The Morgan fingerprint density at radius 3 is 2.67 bits per heavy atom. The molecule has 0 amide bonds. The molecule has 3 rings (SSSR count). The van der Waals surface area contributed by atoms with Gasteiger partial charge in [-0.25, -0.2) is 4.39 Å². The zero-order chi connectivity index (χ0) is 19.4. The number of rotatable bonds is 7. The quantitative estimate of drug-likeness (QED) is 0.463. The van der Waals surface area contributed by atoms with E-state index in [-0.39, 0.29) is 11.9 Å². The number of hydrogen-bond acceptors (Lipinski definition) is 2. The molecule has 0 aromatic heterocycles. The molecule has 1 unspecified atom stereocenters. The molecule has 1 aliphatic rings. The Hall–Kier alpha value is -2.04. The van der Waals surface area contributed by atoms with E-state index in [2.05, 4.69) is 29.1 Å². The van der Waals surface area contributed by atoms with Gasteiger partial charge in [-0.3, -0.25) is 0 Å². The summed E-state index contributed by atoms with van der Waals surface area (Å²) in [5.41, 5.74) is 2.91. The van der Waals surface area contributed by atoms with Crippen molar-refractivity contribution in [3.63, 3.8) is 0 Å². The van der Waals surface area contributed by atoms with Gasteiger partial charge in [0, 0.05) is 21.5 Å². The minimum atomic E-state index is -0.581. The Morgan fingerprint density at radius 2 is 2.04 bits per heavy atom. The van der Waals surface area contributed by atoms with Gasteiger partial charge < -0.3 is 9.47 Å². The Bertz CT molecular complexity index is 890. The van der Waals surface area contributed by atoms with Crippen LogP contribution in [0.2, 0.25) is 5.02 Å². The molecule has 0 N–H and O–H groups in total. The molecule has 2 aromatic rings. The van der Waals surface area contributed by atoms with Crippen molar-refractivity contribution in [3.8, 4) is 5.75 Å². The minimum Gasteiger partial charge on any atom is -0.490 e. The maximum Gasteiger partial charge on any atom is 0.158 e. The zero-order valence-corrected chi connectivity index (χ0v) is 17.0. The molecular weight excluding hydrogens is 431 g/mol. The maximum absolute atomic E-state index is 13.4. The fraction of sp³-hybridized carbons (Fsp3) is 0.182. The first-order valence-electron chi connectivity index (χ1n) is 8.49. The first kappa shape index (κ1) is 19.7. The van der Waals surface area contributed by atoms with Crippen molar-refractivity contribution < 1.29 is 13.9 Å². The van der Waals surface area contributed by atoms with Crippen molar-refractivity contribution in [1.29, 1.82) is 0 Å². The topological polar surface area (TPSA) is 18.5 Å². The van der Waals surface area contributed by atoms with E-state index in [0.29, 0.717) is 13.0 Å². The van der Waals surface area contributed by atoms with Gasteiger partial charge in [-0.15, -0.1) is 0 Å². The predicted octanol–water partition coefficient (Wildman–Crippen LogP) is 6.78. The maximum atomic E-state index is 13.4. The molecule has 0 aliphatic carbocycles. The Morgan fingerprint density at radius 1 is 1.30 bits per heavy atom. The van der Waals surface area contributed by atoms with E-state index in [9.17, 15) is 4.39 Å². The third-order valence-electron chi connectivity index (χ3n) is 4.28. The van der Waals surface area contributed by atoms with Crippen molar-refractivity contribution in [3.05, 3.63) is 99.5 Å². The first-order chi connectivity index (χ1) is 13.0. The van der Waals surface area contributed by atoms with Gasteiger partial charge in [-0.1, -0.05) is 58.9 Å². The molecule has 2 aromatic carbocycles. The van der Waals surface area contributed by atoms with Crippen LogP contribution in [0.25, 0.3) is 0 Å². The van der Waals surface area contributed by atoms with Gasteiger partial charge in [0.1, 0.15) is 18.5 Å². The lowest BCUT2D eigenvalue weighted by atomic mass is 10.0. The monoisotopic (exact) mass is 448 g/mol. The minimum absolute atomic E-state index is 0.180. The highest BCUT2D eigenvalue weighted by atomic mass is 79.9. The highest BCUT2D eigenvalue weighted by molar-refractivity contribution is 9.10. The van der Waals surface area contributed by atoms with Gasteiger partial charge in [0.05, 0.1) is 0 Å². The summed E-state index contributed by atoms with van der Waals surface area (Å²) in [7, 11) is 0. The lowest BCUT2D eigenvalue weighted by Crippen LogP contribution is -2.17. The molecular formula is C22H19BrClFO2. The van der Waals surface area contributed by atoms with Crippen LogP contribution < -0.4 is 4.74 Å². The van der Waals surface area contributed by atoms with E-state index in [0.717, 1.165) is 38.4 Å². The smallest absolute Gasteiger partial charge is 0.158 e. The molecule has 0 radical (unpaired) electrons. The third kappa shape index (κ3) is 5.02. The lowest BCUT2D eigenvalue weighted by molar-refractivity contribution is 0.0899. The van der Waals surface area contributed by atoms with Gasteiger partial charge in [0.2, 0.25) is 0 Å². The highest BCUT2D eigenvalue weighted by Gasteiger charge is 2.26. The van der Waals surface area contributed by atoms with Gasteiger partial charge in [0.25, 0.3) is 0 Å². The average Bonchev–Trinajstić information content (AvgIpc) is 3.08. The van der Waals surface area contributed by atoms with Crippen LogP contribution in [-0.2, 0) is 11.2 Å². The second-order valence-corrected chi connectivity index (χ2v) is 7.60. The van der Waals surface area contributed by atoms with Crippen LogP contribution in [0.4, 0.5) is 4.39 Å².